The zero-order valence-electron chi connectivity index (χ0n) is 13.8. The van der Waals surface area contributed by atoms with E-state index < -0.39 is 0 Å². The Morgan fingerprint density at radius 2 is 1.81 bits per heavy atom. The van der Waals surface area contributed by atoms with Crippen molar-refractivity contribution in [2.45, 2.75) is 52.1 Å². The van der Waals surface area contributed by atoms with Gasteiger partial charge in [0, 0.05) is 21.6 Å². The fourth-order valence-electron chi connectivity index (χ4n) is 3.19. The summed E-state index contributed by atoms with van der Waals surface area (Å²) < 4.78 is 0. The van der Waals surface area contributed by atoms with Crippen molar-refractivity contribution in [3.8, 4) is 0 Å². The fraction of sp³-hybridized carbons (Fsp3) is 0.647. The highest BCUT2D eigenvalue weighted by Crippen LogP contribution is 2.29. The number of nitrogens with zero attached hydrogens (tertiary/aromatic N) is 1. The van der Waals surface area contributed by atoms with Gasteiger partial charge in [0.15, 0.2) is 0 Å². The Morgan fingerprint density at radius 1 is 1.19 bits per heavy atom. The molecule has 1 aromatic carbocycles. The highest BCUT2D eigenvalue weighted by Gasteiger charge is 2.36. The lowest BCUT2D eigenvalue weighted by Gasteiger charge is -2.46. The average molecular weight is 331 g/mol. The van der Waals surface area contributed by atoms with Crippen molar-refractivity contribution in [3.63, 3.8) is 0 Å². The maximum absolute atomic E-state index is 6.34. The molecule has 0 aromatic heterocycles. The molecule has 2 nitrogen and oxygen atoms in total. The molecular weight excluding hydrogens is 303 g/mol. The third-order valence-electron chi connectivity index (χ3n) is 4.73. The van der Waals surface area contributed by atoms with Gasteiger partial charge in [0.1, 0.15) is 0 Å². The number of hydrogen-bond donors (Lipinski definition) is 1. The molecule has 0 aliphatic carbocycles. The summed E-state index contributed by atoms with van der Waals surface area (Å²) in [6.07, 6.45) is 1.95. The van der Waals surface area contributed by atoms with Crippen molar-refractivity contribution in [3.05, 3.63) is 33.8 Å². The molecule has 120 valence electrons. The molecule has 1 N–H and O–H groups in total. The highest BCUT2D eigenvalue weighted by atomic mass is 35.5. The minimum Gasteiger partial charge on any atom is -0.315 e. The molecule has 0 heterocycles. The smallest absolute Gasteiger partial charge is 0.0439 e. The minimum absolute atomic E-state index is 0.0872. The summed E-state index contributed by atoms with van der Waals surface area (Å²) in [6.45, 7) is 11.1. The average Bonchev–Trinajstić information content (AvgIpc) is 2.48. The Labute approximate surface area is 139 Å². The first-order valence-electron chi connectivity index (χ1n) is 7.79. The number of benzene rings is 1. The van der Waals surface area contributed by atoms with Gasteiger partial charge < -0.3 is 5.32 Å². The largest absolute Gasteiger partial charge is 0.315 e. The van der Waals surface area contributed by atoms with Crippen LogP contribution in [0.15, 0.2) is 18.2 Å². The van der Waals surface area contributed by atoms with E-state index in [4.69, 9.17) is 23.2 Å². The van der Waals surface area contributed by atoms with Gasteiger partial charge in [-0.1, -0.05) is 44.0 Å². The molecule has 0 aliphatic rings. The van der Waals surface area contributed by atoms with Crippen LogP contribution < -0.4 is 5.32 Å². The molecule has 0 spiro atoms. The van der Waals surface area contributed by atoms with Gasteiger partial charge >= 0.3 is 0 Å². The number of likely N-dealkylation sites (N-methyl/N-ethyl adjacent to an activating group) is 2. The van der Waals surface area contributed by atoms with Crippen molar-refractivity contribution in [1.29, 1.82) is 0 Å². The van der Waals surface area contributed by atoms with Crippen LogP contribution in [-0.4, -0.2) is 36.6 Å². The third kappa shape index (κ3) is 4.35. The van der Waals surface area contributed by atoms with Crippen LogP contribution in [0, 0.1) is 0 Å². The molecule has 0 aliphatic heterocycles. The Hall–Kier alpha value is -0.280. The molecule has 1 aromatic rings. The predicted octanol–water partition coefficient (Wildman–Crippen LogP) is 4.63. The lowest BCUT2D eigenvalue weighted by Crippen LogP contribution is -2.59. The molecule has 1 rings (SSSR count). The number of rotatable bonds is 8. The van der Waals surface area contributed by atoms with E-state index in [-0.39, 0.29) is 5.54 Å². The predicted molar refractivity (Wildman–Crippen MR) is 94.6 cm³/mol. The van der Waals surface area contributed by atoms with Crippen LogP contribution in [0.1, 0.15) is 39.7 Å². The van der Waals surface area contributed by atoms with E-state index in [1.165, 1.54) is 0 Å². The molecule has 21 heavy (non-hydrogen) atoms. The molecule has 4 heteroatoms. The maximum Gasteiger partial charge on any atom is 0.0439 e. The summed E-state index contributed by atoms with van der Waals surface area (Å²) >= 11 is 12.5. The summed E-state index contributed by atoms with van der Waals surface area (Å²) in [5, 5.41) is 5.02. The Morgan fingerprint density at radius 3 is 2.29 bits per heavy atom. The van der Waals surface area contributed by atoms with Crippen LogP contribution in [0.5, 0.6) is 0 Å². The third-order valence-corrected chi connectivity index (χ3v) is 5.34. The van der Waals surface area contributed by atoms with Gasteiger partial charge in [0.05, 0.1) is 0 Å². The normalized spacial score (nSPS) is 16.0. The molecule has 0 radical (unpaired) electrons. The molecular formula is C17H28Cl2N2. The molecule has 2 unspecified atom stereocenters. The van der Waals surface area contributed by atoms with E-state index in [0.29, 0.717) is 6.04 Å². The molecule has 0 amide bonds. The van der Waals surface area contributed by atoms with Gasteiger partial charge in [-0.15, -0.1) is 0 Å². The van der Waals surface area contributed by atoms with E-state index in [2.05, 4.69) is 37.9 Å². The fourth-order valence-corrected chi connectivity index (χ4v) is 3.58. The van der Waals surface area contributed by atoms with Gasteiger partial charge in [-0.3, -0.25) is 4.90 Å². The van der Waals surface area contributed by atoms with Crippen molar-refractivity contribution < 1.29 is 0 Å². The lowest BCUT2D eigenvalue weighted by molar-refractivity contribution is 0.0730. The van der Waals surface area contributed by atoms with Crippen molar-refractivity contribution in [2.75, 3.05) is 20.1 Å². The van der Waals surface area contributed by atoms with E-state index in [1.807, 2.05) is 25.2 Å². The second-order valence-corrected chi connectivity index (χ2v) is 6.51. The van der Waals surface area contributed by atoms with Gasteiger partial charge in [-0.2, -0.15) is 0 Å². The van der Waals surface area contributed by atoms with E-state index >= 15 is 0 Å². The van der Waals surface area contributed by atoms with Crippen LogP contribution in [0.4, 0.5) is 0 Å². The molecule has 0 bridgehead atoms. The summed E-state index contributed by atoms with van der Waals surface area (Å²) in [5.74, 6) is 0. The molecule has 0 saturated carbocycles. The van der Waals surface area contributed by atoms with Crippen LogP contribution >= 0.6 is 23.2 Å². The molecule has 2 atom stereocenters. The number of nitrogens with one attached hydrogen (secondary N) is 1. The first-order valence-corrected chi connectivity index (χ1v) is 8.54. The van der Waals surface area contributed by atoms with Crippen LogP contribution in [-0.2, 0) is 6.42 Å². The summed E-state index contributed by atoms with van der Waals surface area (Å²) in [7, 11) is 2.03. The van der Waals surface area contributed by atoms with Crippen LogP contribution in [0.3, 0.4) is 0 Å². The highest BCUT2D eigenvalue weighted by molar-refractivity contribution is 6.33. The molecule has 0 saturated heterocycles. The summed E-state index contributed by atoms with van der Waals surface area (Å²) in [6, 6.07) is 6.02. The zero-order valence-corrected chi connectivity index (χ0v) is 15.4. The number of halogens is 2. The van der Waals surface area contributed by atoms with E-state index in [0.717, 1.165) is 41.5 Å². The van der Waals surface area contributed by atoms with Crippen LogP contribution in [0.25, 0.3) is 0 Å². The zero-order chi connectivity index (χ0) is 16.0. The second kappa shape index (κ2) is 8.38. The van der Waals surface area contributed by atoms with Gasteiger partial charge in [-0.05, 0) is 63.7 Å². The van der Waals surface area contributed by atoms with Gasteiger partial charge in [0.25, 0.3) is 0 Å². The first-order chi connectivity index (χ1) is 9.92. The minimum atomic E-state index is 0.0872. The molecule has 0 fully saturated rings. The van der Waals surface area contributed by atoms with E-state index in [9.17, 15) is 0 Å². The first kappa shape index (κ1) is 18.8. The van der Waals surface area contributed by atoms with Crippen molar-refractivity contribution in [2.24, 2.45) is 0 Å². The van der Waals surface area contributed by atoms with Crippen LogP contribution in [0.2, 0.25) is 10.0 Å². The van der Waals surface area contributed by atoms with Gasteiger partial charge in [0.2, 0.25) is 0 Å². The van der Waals surface area contributed by atoms with Crippen molar-refractivity contribution >= 4 is 23.2 Å². The second-order valence-electron chi connectivity index (χ2n) is 5.66. The Kier molecular flexibility index (Phi) is 7.49. The topological polar surface area (TPSA) is 15.3 Å². The lowest BCUT2D eigenvalue weighted by atomic mass is 9.83. The standard InChI is InChI=1S/C17H28Cl2N2/c1-6-17(4,21(7-2)8-3)16(20-5)12-13-11-14(18)9-10-15(13)19/h9-11,16,20H,6-8,12H2,1-5H3. The van der Waals surface area contributed by atoms with Gasteiger partial charge in [-0.25, -0.2) is 0 Å². The Bertz CT molecular complexity index is 446. The quantitative estimate of drug-likeness (QED) is 0.747. The monoisotopic (exact) mass is 330 g/mol. The Balaban J connectivity index is 3.07. The van der Waals surface area contributed by atoms with E-state index in [1.54, 1.807) is 0 Å². The SMILES string of the molecule is CCN(CC)C(C)(CC)C(Cc1cc(Cl)ccc1Cl)NC. The summed E-state index contributed by atoms with van der Waals surface area (Å²) in [5.41, 5.74) is 1.19. The number of hydrogen-bond acceptors (Lipinski definition) is 2. The maximum atomic E-state index is 6.34. The summed E-state index contributed by atoms with van der Waals surface area (Å²) in [4.78, 5) is 2.52. The van der Waals surface area contributed by atoms with Crippen molar-refractivity contribution in [1.82, 2.24) is 10.2 Å².